The number of esters is 4. The summed E-state index contributed by atoms with van der Waals surface area (Å²) in [7, 11) is 0. The molecule has 2 aliphatic heterocycles. The highest BCUT2D eigenvalue weighted by molar-refractivity contribution is 7.99. The van der Waals surface area contributed by atoms with Crippen molar-refractivity contribution in [2.24, 2.45) is 0 Å². The Hall–Kier alpha value is -4.14. The van der Waals surface area contributed by atoms with Crippen LogP contribution < -0.4 is 0 Å². The van der Waals surface area contributed by atoms with Crippen molar-refractivity contribution in [2.75, 3.05) is 0 Å². The minimum atomic E-state index is -0.609. The number of hydrogen-bond acceptors (Lipinski definition) is 8. The first-order chi connectivity index (χ1) is 17.9. The first kappa shape index (κ1) is 23.3. The van der Waals surface area contributed by atoms with Gasteiger partial charge in [-0.1, -0.05) is 47.8 Å². The second-order valence-corrected chi connectivity index (χ2v) is 10.7. The van der Waals surface area contributed by atoms with Gasteiger partial charge in [0.05, 0.1) is 22.3 Å². The summed E-state index contributed by atoms with van der Waals surface area (Å²) in [6.45, 7) is 0. The Labute approximate surface area is 220 Å². The fourth-order valence-corrected chi connectivity index (χ4v) is 6.09. The molecule has 2 heterocycles. The molecular formula is C29H16O6S2. The van der Waals surface area contributed by atoms with E-state index in [-0.39, 0.29) is 0 Å². The highest BCUT2D eigenvalue weighted by Crippen LogP contribution is 2.34. The van der Waals surface area contributed by atoms with Gasteiger partial charge < -0.3 is 9.47 Å². The van der Waals surface area contributed by atoms with Crippen molar-refractivity contribution in [3.8, 4) is 0 Å². The fraction of sp³-hybridized carbons (Fsp3) is 0.0345. The lowest BCUT2D eigenvalue weighted by Crippen LogP contribution is -1.96. The molecule has 0 saturated carbocycles. The maximum atomic E-state index is 11.9. The van der Waals surface area contributed by atoms with Gasteiger partial charge in [-0.2, -0.15) is 0 Å². The van der Waals surface area contributed by atoms with E-state index in [1.165, 1.54) is 23.5 Å². The van der Waals surface area contributed by atoms with Gasteiger partial charge in [-0.3, -0.25) is 0 Å². The Kier molecular flexibility index (Phi) is 5.90. The van der Waals surface area contributed by atoms with Crippen molar-refractivity contribution in [3.05, 3.63) is 118 Å². The Morgan fingerprint density at radius 2 is 0.865 bits per heavy atom. The molecule has 0 aliphatic carbocycles. The van der Waals surface area contributed by atoms with Gasteiger partial charge in [0.25, 0.3) is 0 Å². The van der Waals surface area contributed by atoms with Crippen LogP contribution in [0.25, 0.3) is 0 Å². The van der Waals surface area contributed by atoms with Crippen LogP contribution in [0.1, 0.15) is 52.6 Å². The first-order valence-corrected chi connectivity index (χ1v) is 12.9. The number of carbonyl (C=O) groups is 4. The predicted molar refractivity (Wildman–Crippen MR) is 136 cm³/mol. The van der Waals surface area contributed by atoms with Crippen molar-refractivity contribution in [3.63, 3.8) is 0 Å². The highest BCUT2D eigenvalue weighted by Gasteiger charge is 2.30. The number of cyclic esters (lactones) is 4. The van der Waals surface area contributed by atoms with E-state index in [2.05, 4.69) is 33.7 Å². The lowest BCUT2D eigenvalue weighted by Gasteiger charge is -2.08. The van der Waals surface area contributed by atoms with Crippen LogP contribution in [-0.4, -0.2) is 23.9 Å². The zero-order valence-corrected chi connectivity index (χ0v) is 20.7. The summed E-state index contributed by atoms with van der Waals surface area (Å²) in [4.78, 5) is 50.8. The average molecular weight is 525 g/mol. The highest BCUT2D eigenvalue weighted by atomic mass is 32.2. The van der Waals surface area contributed by atoms with Crippen molar-refractivity contribution in [1.29, 1.82) is 0 Å². The van der Waals surface area contributed by atoms with Crippen molar-refractivity contribution < 1.29 is 28.7 Å². The van der Waals surface area contributed by atoms with Crippen LogP contribution >= 0.6 is 23.5 Å². The van der Waals surface area contributed by atoms with Gasteiger partial charge >= 0.3 is 23.9 Å². The van der Waals surface area contributed by atoms with Gasteiger partial charge in [0.1, 0.15) is 0 Å². The van der Waals surface area contributed by atoms with Crippen LogP contribution in [0.3, 0.4) is 0 Å². The smallest absolute Gasteiger partial charge is 0.346 e. The molecule has 0 unspecified atom stereocenters. The van der Waals surface area contributed by atoms with Crippen molar-refractivity contribution >= 4 is 47.4 Å². The molecule has 4 aromatic carbocycles. The van der Waals surface area contributed by atoms with E-state index in [1.54, 1.807) is 24.3 Å². The van der Waals surface area contributed by atoms with E-state index in [0.29, 0.717) is 22.3 Å². The molecular weight excluding hydrogens is 508 g/mol. The summed E-state index contributed by atoms with van der Waals surface area (Å²) in [5.41, 5.74) is 3.45. The van der Waals surface area contributed by atoms with E-state index < -0.39 is 23.9 Å². The van der Waals surface area contributed by atoms with Crippen LogP contribution in [0.5, 0.6) is 0 Å². The standard InChI is InChI=1S/C29H16O6S2/c30-26-22-9-7-20(14-24(22)28(32)34-26)36-18-5-1-3-16(12-18)11-17-4-2-6-19(13-17)37-21-8-10-23-25(15-21)29(33)35-27(23)31/h1-10,12-15H,11H2. The van der Waals surface area contributed by atoms with E-state index in [4.69, 9.17) is 0 Å². The summed E-state index contributed by atoms with van der Waals surface area (Å²) in [6.07, 6.45) is 0.721. The third kappa shape index (κ3) is 4.69. The Morgan fingerprint density at radius 3 is 1.32 bits per heavy atom. The average Bonchev–Trinajstić information content (AvgIpc) is 3.32. The van der Waals surface area contributed by atoms with E-state index in [0.717, 1.165) is 37.1 Å². The Morgan fingerprint density at radius 1 is 0.459 bits per heavy atom. The lowest BCUT2D eigenvalue weighted by molar-refractivity contribution is 0.0425. The number of hydrogen-bond donors (Lipinski definition) is 0. The minimum Gasteiger partial charge on any atom is -0.386 e. The Balaban J connectivity index is 1.17. The van der Waals surface area contributed by atoms with Crippen LogP contribution in [-0.2, 0) is 15.9 Å². The number of ether oxygens (including phenoxy) is 2. The van der Waals surface area contributed by atoms with Gasteiger partial charge in [-0.25, -0.2) is 19.2 Å². The molecule has 0 aromatic heterocycles. The quantitative estimate of drug-likeness (QED) is 0.218. The number of carbonyl (C=O) groups excluding carboxylic acids is 4. The maximum absolute atomic E-state index is 11.9. The first-order valence-electron chi connectivity index (χ1n) is 11.3. The second kappa shape index (κ2) is 9.38. The molecule has 0 amide bonds. The van der Waals surface area contributed by atoms with E-state index in [1.807, 2.05) is 36.4 Å². The molecule has 0 bridgehead atoms. The van der Waals surface area contributed by atoms with Crippen LogP contribution in [0, 0.1) is 0 Å². The summed E-state index contributed by atoms with van der Waals surface area (Å²) in [5, 5.41) is 0. The van der Waals surface area contributed by atoms with Crippen LogP contribution in [0.2, 0.25) is 0 Å². The van der Waals surface area contributed by atoms with Crippen LogP contribution in [0.4, 0.5) is 0 Å². The maximum Gasteiger partial charge on any atom is 0.346 e. The van der Waals surface area contributed by atoms with Gasteiger partial charge in [0.15, 0.2) is 0 Å². The van der Waals surface area contributed by atoms with Gasteiger partial charge in [-0.15, -0.1) is 0 Å². The summed E-state index contributed by atoms with van der Waals surface area (Å²) >= 11 is 3.02. The van der Waals surface area contributed by atoms with Crippen molar-refractivity contribution in [2.45, 2.75) is 26.0 Å². The summed E-state index contributed by atoms with van der Waals surface area (Å²) < 4.78 is 9.35. The molecule has 180 valence electrons. The number of rotatable bonds is 6. The SMILES string of the molecule is O=C1OC(=O)c2cc(Sc3cccc(Cc4cccc(Sc5ccc6c(c5)C(=O)OC6=O)c4)c3)ccc21. The molecule has 6 rings (SSSR count). The fourth-order valence-electron chi connectivity index (χ4n) is 4.20. The normalized spacial score (nSPS) is 13.8. The minimum absolute atomic E-state index is 0.298. The molecule has 0 saturated heterocycles. The predicted octanol–water partition coefficient (Wildman–Crippen LogP) is 6.20. The van der Waals surface area contributed by atoms with Gasteiger partial charge in [0, 0.05) is 19.6 Å². The zero-order valence-electron chi connectivity index (χ0n) is 19.1. The molecule has 4 aromatic rings. The van der Waals surface area contributed by atoms with Crippen LogP contribution in [0.15, 0.2) is 105 Å². The third-order valence-corrected chi connectivity index (χ3v) is 7.87. The summed E-state index contributed by atoms with van der Waals surface area (Å²) in [5.74, 6) is -2.43. The largest absolute Gasteiger partial charge is 0.386 e. The zero-order chi connectivity index (χ0) is 25.5. The summed E-state index contributed by atoms with van der Waals surface area (Å²) in [6, 6.07) is 26.6. The molecule has 2 aliphatic rings. The molecule has 0 atom stereocenters. The molecule has 0 fully saturated rings. The molecule has 6 nitrogen and oxygen atoms in total. The Bertz CT molecular complexity index is 1520. The topological polar surface area (TPSA) is 86.7 Å². The number of benzene rings is 4. The number of fused-ring (bicyclic) bond motifs is 2. The molecule has 8 heteroatoms. The van der Waals surface area contributed by atoms with E-state index >= 15 is 0 Å². The van der Waals surface area contributed by atoms with Gasteiger partial charge in [-0.05, 0) is 78.2 Å². The third-order valence-electron chi connectivity index (χ3n) is 5.91. The molecule has 0 N–H and O–H groups in total. The molecule has 0 spiro atoms. The van der Waals surface area contributed by atoms with Gasteiger partial charge in [0.2, 0.25) is 0 Å². The molecule has 37 heavy (non-hydrogen) atoms. The lowest BCUT2D eigenvalue weighted by atomic mass is 10.1. The van der Waals surface area contributed by atoms with E-state index in [9.17, 15) is 19.2 Å². The second-order valence-electron chi connectivity index (χ2n) is 8.44. The molecule has 0 radical (unpaired) electrons. The monoisotopic (exact) mass is 524 g/mol. The van der Waals surface area contributed by atoms with Crippen molar-refractivity contribution in [1.82, 2.24) is 0 Å².